The molecule has 0 saturated carbocycles. The van der Waals surface area contributed by atoms with Crippen LogP contribution in [0.4, 0.5) is 0 Å². The van der Waals surface area contributed by atoms with E-state index in [2.05, 4.69) is 11.1 Å². The molecule has 0 aromatic heterocycles. The van der Waals surface area contributed by atoms with E-state index in [0.717, 1.165) is 28.5 Å². The number of ether oxygens (including phenoxy) is 1. The van der Waals surface area contributed by atoms with Crippen molar-refractivity contribution in [1.29, 1.82) is 0 Å². The molecular formula is C21H17NO3. The van der Waals surface area contributed by atoms with Crippen LogP contribution < -0.4 is 0 Å². The van der Waals surface area contributed by atoms with Gasteiger partial charge in [-0.15, -0.1) is 0 Å². The average molecular weight is 331 g/mol. The predicted molar refractivity (Wildman–Crippen MR) is 97.6 cm³/mol. The number of carbonyl (C=O) groups excluding carboxylic acids is 1. The Labute approximate surface area is 145 Å². The number of nitrogens with zero attached hydrogens (tertiary/aromatic N) is 1. The second-order valence-corrected chi connectivity index (χ2v) is 6.00. The van der Waals surface area contributed by atoms with Crippen LogP contribution in [0.1, 0.15) is 27.0 Å². The van der Waals surface area contributed by atoms with Crippen molar-refractivity contribution in [2.75, 3.05) is 13.7 Å². The highest BCUT2D eigenvalue weighted by molar-refractivity contribution is 6.23. The number of hydrogen-bond acceptors (Lipinski definition) is 4. The fraction of sp³-hybridized carbons (Fsp3) is 0.143. The van der Waals surface area contributed by atoms with Crippen LogP contribution in [0.3, 0.4) is 0 Å². The Morgan fingerprint density at radius 3 is 2.72 bits per heavy atom. The third-order valence-electron chi connectivity index (χ3n) is 4.59. The SMILES string of the molecule is COC(=O)c1cc2ccccc2c(C2=NCCc3ccccc32)c1O. The number of aliphatic imine (C=N–C) groups is 1. The molecule has 1 N–H and O–H groups in total. The molecule has 0 atom stereocenters. The Bertz CT molecular complexity index is 1020. The first-order valence-electron chi connectivity index (χ1n) is 8.17. The van der Waals surface area contributed by atoms with Gasteiger partial charge in [0.2, 0.25) is 0 Å². The number of fused-ring (bicyclic) bond motifs is 2. The minimum atomic E-state index is -0.561. The molecule has 4 heteroatoms. The van der Waals surface area contributed by atoms with E-state index in [1.54, 1.807) is 6.07 Å². The molecule has 0 amide bonds. The minimum Gasteiger partial charge on any atom is -0.506 e. The monoisotopic (exact) mass is 331 g/mol. The topological polar surface area (TPSA) is 58.9 Å². The van der Waals surface area contributed by atoms with Crippen LogP contribution in [0.5, 0.6) is 5.75 Å². The number of phenols is 1. The Morgan fingerprint density at radius 2 is 1.88 bits per heavy atom. The van der Waals surface area contributed by atoms with E-state index < -0.39 is 5.97 Å². The first-order chi connectivity index (χ1) is 12.2. The minimum absolute atomic E-state index is 0.0824. The number of rotatable bonds is 2. The van der Waals surface area contributed by atoms with Gasteiger partial charge >= 0.3 is 5.97 Å². The molecule has 4 rings (SSSR count). The summed E-state index contributed by atoms with van der Waals surface area (Å²) in [6.07, 6.45) is 0.870. The lowest BCUT2D eigenvalue weighted by Crippen LogP contribution is -2.16. The molecule has 25 heavy (non-hydrogen) atoms. The molecule has 0 spiro atoms. The number of benzene rings is 3. The van der Waals surface area contributed by atoms with Crippen molar-refractivity contribution in [2.24, 2.45) is 4.99 Å². The predicted octanol–water partition coefficient (Wildman–Crippen LogP) is 3.73. The Hall–Kier alpha value is -3.14. The molecule has 4 nitrogen and oxygen atoms in total. The van der Waals surface area contributed by atoms with Crippen molar-refractivity contribution in [1.82, 2.24) is 0 Å². The highest BCUT2D eigenvalue weighted by Crippen LogP contribution is 2.35. The van der Waals surface area contributed by atoms with E-state index in [4.69, 9.17) is 4.74 Å². The molecule has 0 unspecified atom stereocenters. The van der Waals surface area contributed by atoms with Crippen LogP contribution in [-0.4, -0.2) is 30.4 Å². The molecule has 0 aliphatic carbocycles. The Balaban J connectivity index is 2.06. The van der Waals surface area contributed by atoms with Crippen LogP contribution in [0.2, 0.25) is 0 Å². The zero-order chi connectivity index (χ0) is 17.4. The second kappa shape index (κ2) is 6.06. The Kier molecular flexibility index (Phi) is 3.73. The van der Waals surface area contributed by atoms with Gasteiger partial charge in [-0.2, -0.15) is 0 Å². The quantitative estimate of drug-likeness (QED) is 0.728. The van der Waals surface area contributed by atoms with E-state index in [1.165, 1.54) is 12.7 Å². The maximum Gasteiger partial charge on any atom is 0.341 e. The normalized spacial score (nSPS) is 13.2. The summed E-state index contributed by atoms with van der Waals surface area (Å²) in [6.45, 7) is 0.655. The van der Waals surface area contributed by atoms with Gasteiger partial charge in [0.1, 0.15) is 11.3 Å². The molecule has 0 saturated heterocycles. The molecule has 1 aliphatic heterocycles. The van der Waals surface area contributed by atoms with Crippen LogP contribution >= 0.6 is 0 Å². The van der Waals surface area contributed by atoms with Gasteiger partial charge in [-0.3, -0.25) is 4.99 Å². The van der Waals surface area contributed by atoms with Crippen molar-refractivity contribution in [3.05, 3.63) is 76.9 Å². The lowest BCUT2D eigenvalue weighted by molar-refractivity contribution is 0.0597. The number of phenolic OH excluding ortho intramolecular Hbond substituents is 1. The molecule has 0 fully saturated rings. The van der Waals surface area contributed by atoms with E-state index >= 15 is 0 Å². The van der Waals surface area contributed by atoms with Crippen molar-refractivity contribution in [3.8, 4) is 5.75 Å². The van der Waals surface area contributed by atoms with Crippen LogP contribution in [0, 0.1) is 0 Å². The smallest absolute Gasteiger partial charge is 0.341 e. The van der Waals surface area contributed by atoms with Crippen molar-refractivity contribution in [3.63, 3.8) is 0 Å². The molecule has 1 heterocycles. The van der Waals surface area contributed by atoms with Crippen molar-refractivity contribution < 1.29 is 14.6 Å². The molecule has 0 bridgehead atoms. The summed E-state index contributed by atoms with van der Waals surface area (Å²) < 4.78 is 4.84. The summed E-state index contributed by atoms with van der Waals surface area (Å²) in [5, 5.41) is 12.6. The number of aromatic hydroxyl groups is 1. The third kappa shape index (κ3) is 2.47. The van der Waals surface area contributed by atoms with Crippen molar-refractivity contribution in [2.45, 2.75) is 6.42 Å². The molecule has 1 aliphatic rings. The standard InChI is InChI=1S/C21H17NO3/c1-25-21(24)17-12-14-7-3-4-8-15(14)18(20(17)23)19-16-9-5-2-6-13(16)10-11-22-19/h2-9,12,23H,10-11H2,1H3. The van der Waals surface area contributed by atoms with Gasteiger partial charge < -0.3 is 9.84 Å². The van der Waals surface area contributed by atoms with Crippen LogP contribution in [0.15, 0.2) is 59.6 Å². The van der Waals surface area contributed by atoms with Crippen LogP contribution in [-0.2, 0) is 11.2 Å². The lowest BCUT2D eigenvalue weighted by Gasteiger charge is -2.20. The fourth-order valence-electron chi connectivity index (χ4n) is 3.40. The van der Waals surface area contributed by atoms with Gasteiger partial charge in [-0.1, -0.05) is 48.5 Å². The summed E-state index contributed by atoms with van der Waals surface area (Å²) in [5.74, 6) is -0.643. The van der Waals surface area contributed by atoms with E-state index in [0.29, 0.717) is 12.1 Å². The summed E-state index contributed by atoms with van der Waals surface area (Å²) in [7, 11) is 1.31. The number of hydrogen-bond donors (Lipinski definition) is 1. The van der Waals surface area contributed by atoms with Crippen LogP contribution in [0.25, 0.3) is 10.8 Å². The molecule has 0 radical (unpaired) electrons. The van der Waals surface area contributed by atoms with Gasteiger partial charge in [-0.25, -0.2) is 4.79 Å². The zero-order valence-electron chi connectivity index (χ0n) is 13.8. The summed E-state index contributed by atoms with van der Waals surface area (Å²) in [6, 6.07) is 17.4. The molecular weight excluding hydrogens is 314 g/mol. The lowest BCUT2D eigenvalue weighted by atomic mass is 9.88. The highest BCUT2D eigenvalue weighted by Gasteiger charge is 2.24. The van der Waals surface area contributed by atoms with Gasteiger partial charge in [-0.05, 0) is 28.8 Å². The zero-order valence-corrected chi connectivity index (χ0v) is 13.8. The maximum atomic E-state index is 12.1. The number of esters is 1. The van der Waals surface area contributed by atoms with E-state index in [9.17, 15) is 9.90 Å². The summed E-state index contributed by atoms with van der Waals surface area (Å²) >= 11 is 0. The molecule has 3 aromatic rings. The van der Waals surface area contributed by atoms with Gasteiger partial charge in [0.15, 0.2) is 0 Å². The largest absolute Gasteiger partial charge is 0.506 e. The first kappa shape index (κ1) is 15.4. The maximum absolute atomic E-state index is 12.1. The Morgan fingerprint density at radius 1 is 1.12 bits per heavy atom. The van der Waals surface area contributed by atoms with Gasteiger partial charge in [0, 0.05) is 12.1 Å². The second-order valence-electron chi connectivity index (χ2n) is 6.00. The number of methoxy groups -OCH3 is 1. The number of carbonyl (C=O) groups is 1. The fourth-order valence-corrected chi connectivity index (χ4v) is 3.40. The first-order valence-corrected chi connectivity index (χ1v) is 8.17. The average Bonchev–Trinajstić information content (AvgIpc) is 2.66. The molecule has 3 aromatic carbocycles. The van der Waals surface area contributed by atoms with Gasteiger partial charge in [0.25, 0.3) is 0 Å². The third-order valence-corrected chi connectivity index (χ3v) is 4.59. The summed E-state index contributed by atoms with van der Waals surface area (Å²) in [4.78, 5) is 16.8. The molecule has 124 valence electrons. The summed E-state index contributed by atoms with van der Waals surface area (Å²) in [5.41, 5.74) is 3.66. The highest BCUT2D eigenvalue weighted by atomic mass is 16.5. The van der Waals surface area contributed by atoms with E-state index in [-0.39, 0.29) is 11.3 Å². The van der Waals surface area contributed by atoms with Crippen molar-refractivity contribution >= 4 is 22.5 Å². The van der Waals surface area contributed by atoms with E-state index in [1.807, 2.05) is 42.5 Å². The van der Waals surface area contributed by atoms with Gasteiger partial charge in [0.05, 0.1) is 18.4 Å².